The predicted octanol–water partition coefficient (Wildman–Crippen LogP) is 3.79. The minimum atomic E-state index is -4.69. The molecule has 4 nitrogen and oxygen atoms in total. The van der Waals surface area contributed by atoms with Crippen molar-refractivity contribution in [2.24, 2.45) is 0 Å². The fourth-order valence-electron chi connectivity index (χ4n) is 2.84. The first-order valence-corrected chi connectivity index (χ1v) is 7.33. The van der Waals surface area contributed by atoms with E-state index in [2.05, 4.69) is 15.0 Å². The first-order valence-electron chi connectivity index (χ1n) is 7.33. The Labute approximate surface area is 152 Å². The molecule has 1 aromatic rings. The maximum atomic E-state index is 12.4. The Kier molecular flexibility index (Phi) is 9.80. The highest BCUT2D eigenvalue weighted by atomic mass is 35.5. The van der Waals surface area contributed by atoms with Crippen LogP contribution in [0.25, 0.3) is 0 Å². The number of methoxy groups -OCH3 is 1. The van der Waals surface area contributed by atoms with Gasteiger partial charge in [0.2, 0.25) is 0 Å². The van der Waals surface area contributed by atoms with Crippen LogP contribution in [0.15, 0.2) is 18.2 Å². The van der Waals surface area contributed by atoms with Crippen molar-refractivity contribution < 1.29 is 22.6 Å². The van der Waals surface area contributed by atoms with E-state index in [0.717, 1.165) is 38.2 Å². The topological polar surface area (TPSA) is 33.7 Å². The summed E-state index contributed by atoms with van der Waals surface area (Å²) in [6, 6.07) is 4.25. The zero-order valence-corrected chi connectivity index (χ0v) is 15.2. The molecule has 0 radical (unpaired) electrons. The van der Waals surface area contributed by atoms with Crippen molar-refractivity contribution in [3.8, 4) is 11.5 Å². The first kappa shape index (κ1) is 23.1. The van der Waals surface area contributed by atoms with E-state index in [4.69, 9.17) is 4.74 Å². The fraction of sp³-hybridized carbons (Fsp3) is 0.600. The molecular weight excluding hydrogens is 368 g/mol. The lowest BCUT2D eigenvalue weighted by Crippen LogP contribution is -2.45. The number of ether oxygens (including phenoxy) is 2. The fourth-order valence-corrected chi connectivity index (χ4v) is 2.84. The van der Waals surface area contributed by atoms with Gasteiger partial charge in [0.25, 0.3) is 0 Å². The van der Waals surface area contributed by atoms with Gasteiger partial charge in [-0.3, -0.25) is 4.90 Å². The zero-order valence-electron chi connectivity index (χ0n) is 13.6. The zero-order chi connectivity index (χ0) is 16.2. The number of benzene rings is 1. The summed E-state index contributed by atoms with van der Waals surface area (Å²) in [5, 5.41) is 3.27. The molecule has 1 aromatic carbocycles. The molecule has 24 heavy (non-hydrogen) atoms. The van der Waals surface area contributed by atoms with Gasteiger partial charge < -0.3 is 14.8 Å². The molecule has 9 heteroatoms. The summed E-state index contributed by atoms with van der Waals surface area (Å²) in [7, 11) is 1.52. The van der Waals surface area contributed by atoms with Crippen LogP contribution >= 0.6 is 24.8 Å². The monoisotopic (exact) mass is 390 g/mol. The normalized spacial score (nSPS) is 16.5. The summed E-state index contributed by atoms with van der Waals surface area (Å²) in [6.07, 6.45) is -3.91. The van der Waals surface area contributed by atoms with Crippen molar-refractivity contribution in [3.63, 3.8) is 0 Å². The van der Waals surface area contributed by atoms with Gasteiger partial charge in [-0.05, 0) is 24.6 Å². The lowest BCUT2D eigenvalue weighted by molar-refractivity contribution is -0.274. The van der Waals surface area contributed by atoms with Crippen LogP contribution in [-0.2, 0) is 0 Å². The Morgan fingerprint density at radius 3 is 2.33 bits per heavy atom. The van der Waals surface area contributed by atoms with Crippen molar-refractivity contribution >= 4 is 24.8 Å². The van der Waals surface area contributed by atoms with Crippen LogP contribution < -0.4 is 14.8 Å². The van der Waals surface area contributed by atoms with Crippen LogP contribution in [0.1, 0.15) is 24.9 Å². The van der Waals surface area contributed by atoms with Crippen molar-refractivity contribution in [1.29, 1.82) is 0 Å². The Balaban J connectivity index is 0.00000264. The van der Waals surface area contributed by atoms with Gasteiger partial charge >= 0.3 is 6.36 Å². The van der Waals surface area contributed by atoms with Gasteiger partial charge in [0.05, 0.1) is 7.11 Å². The molecule has 1 aliphatic heterocycles. The van der Waals surface area contributed by atoms with E-state index in [1.165, 1.54) is 25.3 Å². The van der Waals surface area contributed by atoms with E-state index >= 15 is 0 Å². The van der Waals surface area contributed by atoms with Crippen LogP contribution in [0.2, 0.25) is 0 Å². The molecule has 1 saturated heterocycles. The standard InChI is InChI=1S/C15H21F3N2O2.2ClH/c1-3-13(20-8-6-19-7-9-20)12-10-11(22-15(16,17)18)4-5-14(12)21-2;;/h4-5,10,13,19H,3,6-9H2,1-2H3;2*1H/t13-;;/m1../s1. The average molecular weight is 391 g/mol. The number of nitrogens with zero attached hydrogens (tertiary/aromatic N) is 1. The number of halogens is 5. The summed E-state index contributed by atoms with van der Waals surface area (Å²) in [5.41, 5.74) is 0.730. The third-order valence-corrected chi connectivity index (χ3v) is 3.77. The quantitative estimate of drug-likeness (QED) is 0.828. The van der Waals surface area contributed by atoms with Gasteiger partial charge in [-0.15, -0.1) is 38.0 Å². The largest absolute Gasteiger partial charge is 0.573 e. The van der Waals surface area contributed by atoms with Crippen molar-refractivity contribution in [2.45, 2.75) is 25.7 Å². The van der Waals surface area contributed by atoms with E-state index in [1.807, 2.05) is 6.92 Å². The number of hydrogen-bond donors (Lipinski definition) is 1. The van der Waals surface area contributed by atoms with E-state index < -0.39 is 6.36 Å². The molecule has 0 saturated carbocycles. The van der Waals surface area contributed by atoms with Gasteiger partial charge in [0.1, 0.15) is 11.5 Å². The summed E-state index contributed by atoms with van der Waals surface area (Å²) < 4.78 is 46.6. The second-order valence-corrected chi connectivity index (χ2v) is 5.16. The molecule has 0 amide bonds. The number of hydrogen-bond acceptors (Lipinski definition) is 4. The van der Waals surface area contributed by atoms with Gasteiger partial charge in [-0.1, -0.05) is 6.92 Å². The summed E-state index contributed by atoms with van der Waals surface area (Å²) in [4.78, 5) is 2.26. The van der Waals surface area contributed by atoms with Crippen LogP contribution in [-0.4, -0.2) is 44.6 Å². The predicted molar refractivity (Wildman–Crippen MR) is 91.6 cm³/mol. The maximum Gasteiger partial charge on any atom is 0.573 e. The van der Waals surface area contributed by atoms with Gasteiger partial charge in [0.15, 0.2) is 0 Å². The van der Waals surface area contributed by atoms with Crippen LogP contribution in [0.3, 0.4) is 0 Å². The molecule has 1 aliphatic rings. The molecular formula is C15H23Cl2F3N2O2. The highest BCUT2D eigenvalue weighted by Crippen LogP contribution is 2.36. The highest BCUT2D eigenvalue weighted by molar-refractivity contribution is 5.85. The summed E-state index contributed by atoms with van der Waals surface area (Å²) >= 11 is 0. The summed E-state index contributed by atoms with van der Waals surface area (Å²) in [5.74, 6) is 0.372. The lowest BCUT2D eigenvalue weighted by atomic mass is 10.0. The molecule has 140 valence electrons. The minimum Gasteiger partial charge on any atom is -0.496 e. The van der Waals surface area contributed by atoms with Gasteiger partial charge in [-0.2, -0.15) is 0 Å². The van der Waals surface area contributed by atoms with E-state index in [1.54, 1.807) is 0 Å². The summed E-state index contributed by atoms with van der Waals surface area (Å²) in [6.45, 7) is 5.47. The number of piperazine rings is 1. The second-order valence-electron chi connectivity index (χ2n) is 5.16. The molecule has 1 heterocycles. The molecule has 0 unspecified atom stereocenters. The average Bonchev–Trinajstić information content (AvgIpc) is 2.48. The number of rotatable bonds is 5. The molecule has 1 fully saturated rings. The second kappa shape index (κ2) is 10.2. The van der Waals surface area contributed by atoms with Crippen molar-refractivity contribution in [2.75, 3.05) is 33.3 Å². The SMILES string of the molecule is CC[C@H](c1cc(OC(F)(F)F)ccc1OC)N1CCNCC1.Cl.Cl. The highest BCUT2D eigenvalue weighted by Gasteiger charge is 2.32. The number of alkyl halides is 3. The van der Waals surface area contributed by atoms with Crippen LogP contribution in [0.4, 0.5) is 13.2 Å². The lowest BCUT2D eigenvalue weighted by Gasteiger charge is -2.35. The smallest absolute Gasteiger partial charge is 0.496 e. The molecule has 0 spiro atoms. The Morgan fingerprint density at radius 1 is 1.21 bits per heavy atom. The Bertz CT molecular complexity index is 498. The van der Waals surface area contributed by atoms with Gasteiger partial charge in [-0.25, -0.2) is 0 Å². The van der Waals surface area contributed by atoms with Crippen molar-refractivity contribution in [1.82, 2.24) is 10.2 Å². The minimum absolute atomic E-state index is 0. The molecule has 1 N–H and O–H groups in total. The molecule has 1 atom stereocenters. The van der Waals surface area contributed by atoms with Crippen molar-refractivity contribution in [3.05, 3.63) is 23.8 Å². The van der Waals surface area contributed by atoms with Gasteiger partial charge in [0, 0.05) is 37.8 Å². The Morgan fingerprint density at radius 2 is 1.83 bits per heavy atom. The molecule has 0 aromatic heterocycles. The Hall–Kier alpha value is -0.890. The maximum absolute atomic E-state index is 12.4. The van der Waals surface area contributed by atoms with Crippen LogP contribution in [0, 0.1) is 0 Å². The molecule has 2 rings (SSSR count). The van der Waals surface area contributed by atoms with E-state index in [-0.39, 0.29) is 36.6 Å². The third kappa shape index (κ3) is 6.20. The third-order valence-electron chi connectivity index (χ3n) is 3.77. The number of nitrogens with one attached hydrogen (secondary N) is 1. The van der Waals surface area contributed by atoms with Crippen LogP contribution in [0.5, 0.6) is 11.5 Å². The molecule has 0 aliphatic carbocycles. The molecule has 0 bridgehead atoms. The van der Waals surface area contributed by atoms with E-state index in [9.17, 15) is 13.2 Å². The first-order chi connectivity index (χ1) is 10.4. The van der Waals surface area contributed by atoms with E-state index in [0.29, 0.717) is 5.75 Å².